The van der Waals surface area contributed by atoms with Gasteiger partial charge in [-0.15, -0.1) is 12.4 Å². The van der Waals surface area contributed by atoms with Crippen LogP contribution in [0.3, 0.4) is 0 Å². The van der Waals surface area contributed by atoms with Gasteiger partial charge in [0.05, 0.1) is 28.1 Å². The minimum absolute atomic E-state index is 0. The van der Waals surface area contributed by atoms with Crippen LogP contribution in [0.25, 0.3) is 0 Å². The third-order valence-electron chi connectivity index (χ3n) is 4.10. The number of halogens is 3. The molecule has 2 amide bonds. The normalized spacial score (nSPS) is 15.5. The van der Waals surface area contributed by atoms with E-state index in [9.17, 15) is 9.59 Å². The lowest BCUT2D eigenvalue weighted by atomic mass is 10.1. The fourth-order valence-corrected chi connectivity index (χ4v) is 2.97. The summed E-state index contributed by atoms with van der Waals surface area (Å²) in [6, 6.07) is 4.98. The summed E-state index contributed by atoms with van der Waals surface area (Å²) in [6.07, 6.45) is -0.0245. The van der Waals surface area contributed by atoms with Crippen molar-refractivity contribution in [3.8, 4) is 0 Å². The monoisotopic (exact) mass is 409 g/mol. The molecule has 1 heterocycles. The number of hydrogen-bond acceptors (Lipinski definition) is 4. The first-order valence-electron chi connectivity index (χ1n) is 7.71. The van der Waals surface area contributed by atoms with E-state index in [1.807, 2.05) is 0 Å². The van der Waals surface area contributed by atoms with Crippen molar-refractivity contribution in [1.82, 2.24) is 9.80 Å². The van der Waals surface area contributed by atoms with Gasteiger partial charge in [-0.1, -0.05) is 29.3 Å². The highest BCUT2D eigenvalue weighted by Crippen LogP contribution is 2.26. The number of carbonyl (C=O) groups excluding carboxylic acids is 2. The van der Waals surface area contributed by atoms with Gasteiger partial charge in [0.25, 0.3) is 5.91 Å². The molecule has 1 saturated heterocycles. The Morgan fingerprint density at radius 2 is 1.80 bits per heavy atom. The van der Waals surface area contributed by atoms with E-state index in [1.165, 1.54) is 7.11 Å². The maximum absolute atomic E-state index is 12.6. The Morgan fingerprint density at radius 3 is 2.36 bits per heavy atom. The second-order valence-corrected chi connectivity index (χ2v) is 6.36. The van der Waals surface area contributed by atoms with E-state index >= 15 is 0 Å². The Morgan fingerprint density at radius 1 is 1.20 bits per heavy atom. The van der Waals surface area contributed by atoms with Crippen LogP contribution in [-0.2, 0) is 9.53 Å². The quantitative estimate of drug-likeness (QED) is 0.806. The zero-order valence-corrected chi connectivity index (χ0v) is 16.2. The molecule has 0 aromatic heterocycles. The molecule has 140 valence electrons. The van der Waals surface area contributed by atoms with Crippen molar-refractivity contribution in [3.63, 3.8) is 0 Å². The molecule has 2 N–H and O–H groups in total. The molecule has 1 aromatic carbocycles. The summed E-state index contributed by atoms with van der Waals surface area (Å²) in [5.41, 5.74) is 5.92. The lowest BCUT2D eigenvalue weighted by Crippen LogP contribution is -2.51. The predicted octanol–water partition coefficient (Wildman–Crippen LogP) is 2.06. The summed E-state index contributed by atoms with van der Waals surface area (Å²) in [7, 11) is 1.54. The highest BCUT2D eigenvalue weighted by atomic mass is 35.5. The number of benzene rings is 1. The number of hydrogen-bond donors (Lipinski definition) is 1. The van der Waals surface area contributed by atoms with E-state index in [0.29, 0.717) is 43.3 Å². The SMILES string of the molecule is COC(CN)CC(=O)N1CCN(C(=O)c2cccc(Cl)c2Cl)CC1.Cl. The van der Waals surface area contributed by atoms with Crippen LogP contribution < -0.4 is 5.73 Å². The second kappa shape index (κ2) is 10.2. The lowest BCUT2D eigenvalue weighted by Gasteiger charge is -2.35. The average molecular weight is 411 g/mol. The molecule has 0 aliphatic carbocycles. The summed E-state index contributed by atoms with van der Waals surface area (Å²) >= 11 is 12.1. The van der Waals surface area contributed by atoms with E-state index in [1.54, 1.807) is 28.0 Å². The topological polar surface area (TPSA) is 75.9 Å². The molecule has 0 spiro atoms. The molecule has 1 unspecified atom stereocenters. The van der Waals surface area contributed by atoms with E-state index in [4.69, 9.17) is 33.7 Å². The van der Waals surface area contributed by atoms with Crippen molar-refractivity contribution < 1.29 is 14.3 Å². The average Bonchev–Trinajstić information content (AvgIpc) is 2.61. The fourth-order valence-electron chi connectivity index (χ4n) is 2.59. The molecule has 25 heavy (non-hydrogen) atoms. The van der Waals surface area contributed by atoms with Crippen LogP contribution in [0.5, 0.6) is 0 Å². The maximum Gasteiger partial charge on any atom is 0.255 e. The van der Waals surface area contributed by atoms with Gasteiger partial charge in [0.1, 0.15) is 0 Å². The standard InChI is InChI=1S/C16H21Cl2N3O3.ClH/c1-24-11(10-19)9-14(22)20-5-7-21(8-6-20)16(23)12-3-2-4-13(17)15(12)18;/h2-4,11H,5-10,19H2,1H3;1H. The molecule has 6 nitrogen and oxygen atoms in total. The fraction of sp³-hybridized carbons (Fsp3) is 0.500. The number of rotatable bonds is 5. The van der Waals surface area contributed by atoms with Crippen LogP contribution in [0.15, 0.2) is 18.2 Å². The van der Waals surface area contributed by atoms with E-state index in [0.717, 1.165) is 0 Å². The van der Waals surface area contributed by atoms with Crippen LogP contribution in [0.4, 0.5) is 0 Å². The molecule has 2 rings (SSSR count). The smallest absolute Gasteiger partial charge is 0.255 e. The zero-order chi connectivity index (χ0) is 17.7. The lowest BCUT2D eigenvalue weighted by molar-refractivity contribution is -0.135. The number of carbonyl (C=O) groups is 2. The highest BCUT2D eigenvalue weighted by Gasteiger charge is 2.27. The van der Waals surface area contributed by atoms with Crippen molar-refractivity contribution in [1.29, 1.82) is 0 Å². The van der Waals surface area contributed by atoms with Crippen LogP contribution in [0.1, 0.15) is 16.8 Å². The molecule has 0 bridgehead atoms. The minimum atomic E-state index is -0.276. The Kier molecular flexibility index (Phi) is 8.96. The van der Waals surface area contributed by atoms with Gasteiger partial charge in [-0.05, 0) is 12.1 Å². The predicted molar refractivity (Wildman–Crippen MR) is 101 cm³/mol. The Hall–Kier alpha value is -1.05. The number of ether oxygens (including phenoxy) is 1. The van der Waals surface area contributed by atoms with Gasteiger partial charge < -0.3 is 20.3 Å². The third kappa shape index (κ3) is 5.46. The van der Waals surface area contributed by atoms with E-state index in [-0.39, 0.29) is 41.8 Å². The van der Waals surface area contributed by atoms with Gasteiger partial charge in [-0.25, -0.2) is 0 Å². The van der Waals surface area contributed by atoms with Gasteiger partial charge >= 0.3 is 0 Å². The summed E-state index contributed by atoms with van der Waals surface area (Å²) in [5.74, 6) is -0.188. The third-order valence-corrected chi connectivity index (χ3v) is 4.92. The second-order valence-electron chi connectivity index (χ2n) is 5.57. The molecule has 0 radical (unpaired) electrons. The van der Waals surface area contributed by atoms with Gasteiger partial charge in [-0.3, -0.25) is 9.59 Å². The molecular weight excluding hydrogens is 389 g/mol. The molecule has 1 aliphatic heterocycles. The van der Waals surface area contributed by atoms with E-state index in [2.05, 4.69) is 0 Å². The molecule has 0 saturated carbocycles. The van der Waals surface area contributed by atoms with Gasteiger partial charge in [0.2, 0.25) is 5.91 Å². The molecule has 1 aromatic rings. The van der Waals surface area contributed by atoms with Crippen LogP contribution in [0.2, 0.25) is 10.0 Å². The minimum Gasteiger partial charge on any atom is -0.380 e. The summed E-state index contributed by atoms with van der Waals surface area (Å²) in [4.78, 5) is 28.2. The molecular formula is C16H22Cl3N3O3. The van der Waals surface area contributed by atoms with Crippen molar-refractivity contribution in [2.75, 3.05) is 39.8 Å². The van der Waals surface area contributed by atoms with Gasteiger partial charge in [-0.2, -0.15) is 0 Å². The van der Waals surface area contributed by atoms with Crippen molar-refractivity contribution in [2.45, 2.75) is 12.5 Å². The highest BCUT2D eigenvalue weighted by molar-refractivity contribution is 6.43. The summed E-state index contributed by atoms with van der Waals surface area (Å²) in [6.45, 7) is 2.16. The van der Waals surface area contributed by atoms with Crippen molar-refractivity contribution in [3.05, 3.63) is 33.8 Å². The number of nitrogens with two attached hydrogens (primary N) is 1. The maximum atomic E-state index is 12.6. The first-order valence-corrected chi connectivity index (χ1v) is 8.47. The molecule has 1 fully saturated rings. The Balaban J connectivity index is 0.00000312. The Bertz CT molecular complexity index is 604. The Labute approximate surface area is 163 Å². The molecule has 1 atom stereocenters. The summed E-state index contributed by atoms with van der Waals surface area (Å²) < 4.78 is 5.14. The summed E-state index contributed by atoms with van der Waals surface area (Å²) in [5, 5.41) is 0.609. The van der Waals surface area contributed by atoms with Crippen LogP contribution >= 0.6 is 35.6 Å². The van der Waals surface area contributed by atoms with Crippen LogP contribution in [-0.4, -0.2) is 67.6 Å². The van der Waals surface area contributed by atoms with Gasteiger partial charge in [0, 0.05) is 39.8 Å². The molecule has 9 heteroatoms. The first-order chi connectivity index (χ1) is 11.5. The van der Waals surface area contributed by atoms with Gasteiger partial charge in [0.15, 0.2) is 0 Å². The van der Waals surface area contributed by atoms with Crippen LogP contribution in [0, 0.1) is 0 Å². The number of nitrogens with zero attached hydrogens (tertiary/aromatic N) is 2. The van der Waals surface area contributed by atoms with E-state index < -0.39 is 0 Å². The number of methoxy groups -OCH3 is 1. The molecule has 1 aliphatic rings. The first kappa shape index (κ1) is 22.0. The largest absolute Gasteiger partial charge is 0.380 e. The number of piperazine rings is 1. The van der Waals surface area contributed by atoms with Crippen molar-refractivity contribution in [2.24, 2.45) is 5.73 Å². The zero-order valence-electron chi connectivity index (χ0n) is 13.9. The van der Waals surface area contributed by atoms with Crippen molar-refractivity contribution >= 4 is 47.4 Å². The number of amides is 2.